The van der Waals surface area contributed by atoms with Crippen LogP contribution in [0.15, 0.2) is 22.7 Å². The highest BCUT2D eigenvalue weighted by molar-refractivity contribution is 9.10. The minimum Gasteiger partial charge on any atom is -0.484 e. The Labute approximate surface area is 94.3 Å². The first-order valence-electron chi connectivity index (χ1n) is 4.35. The molecule has 1 aromatic carbocycles. The molecule has 0 saturated carbocycles. The summed E-state index contributed by atoms with van der Waals surface area (Å²) in [6.45, 7) is 1.03. The summed E-state index contributed by atoms with van der Waals surface area (Å²) >= 11 is 3.17. The van der Waals surface area contributed by atoms with Gasteiger partial charge in [0.1, 0.15) is 12.7 Å². The van der Waals surface area contributed by atoms with Gasteiger partial charge < -0.3 is 9.47 Å². The normalized spacial score (nSPS) is 18.6. The van der Waals surface area contributed by atoms with E-state index in [0.29, 0.717) is 17.7 Å². The van der Waals surface area contributed by atoms with Gasteiger partial charge in [-0.2, -0.15) is 0 Å². The van der Waals surface area contributed by atoms with Crippen molar-refractivity contribution < 1.29 is 14.4 Å². The fourth-order valence-electron chi connectivity index (χ4n) is 1.10. The van der Waals surface area contributed by atoms with Crippen molar-refractivity contribution in [1.29, 1.82) is 0 Å². The molecule has 1 aliphatic heterocycles. The van der Waals surface area contributed by atoms with Gasteiger partial charge in [-0.25, -0.2) is 0 Å². The van der Waals surface area contributed by atoms with Crippen LogP contribution in [0, 0.1) is 10.1 Å². The predicted molar refractivity (Wildman–Crippen MR) is 56.0 cm³/mol. The molecule has 1 aliphatic rings. The highest BCUT2D eigenvalue weighted by Gasteiger charge is 2.25. The monoisotopic (exact) mass is 273 g/mol. The molecular formula is C9H8BrNO4. The zero-order valence-electron chi connectivity index (χ0n) is 7.68. The summed E-state index contributed by atoms with van der Waals surface area (Å²) in [5.74, 6) is 0.277. The average molecular weight is 274 g/mol. The molecule has 0 amide bonds. The topological polar surface area (TPSA) is 64.9 Å². The van der Waals surface area contributed by atoms with Crippen molar-refractivity contribution in [2.24, 2.45) is 0 Å². The van der Waals surface area contributed by atoms with E-state index in [2.05, 4.69) is 15.9 Å². The Morgan fingerprint density at radius 3 is 3.00 bits per heavy atom. The lowest BCUT2D eigenvalue weighted by molar-refractivity contribution is -0.385. The molecule has 1 fully saturated rings. The third-order valence-electron chi connectivity index (χ3n) is 1.94. The van der Waals surface area contributed by atoms with Gasteiger partial charge in [-0.15, -0.1) is 0 Å². The SMILES string of the molecule is O=[N+]([O-])c1cc(Br)ccc1OCC1CO1. The fraction of sp³-hybridized carbons (Fsp3) is 0.333. The zero-order chi connectivity index (χ0) is 10.8. The molecule has 1 unspecified atom stereocenters. The fourth-order valence-corrected chi connectivity index (χ4v) is 1.45. The van der Waals surface area contributed by atoms with Gasteiger partial charge in [-0.1, -0.05) is 15.9 Å². The minimum absolute atomic E-state index is 0.0370. The Bertz CT molecular complexity index is 392. The molecule has 5 nitrogen and oxygen atoms in total. The number of nitrogens with zero attached hydrogens (tertiary/aromatic N) is 1. The number of ether oxygens (including phenoxy) is 2. The van der Waals surface area contributed by atoms with Crippen molar-refractivity contribution in [1.82, 2.24) is 0 Å². The highest BCUT2D eigenvalue weighted by Crippen LogP contribution is 2.30. The van der Waals surface area contributed by atoms with Crippen LogP contribution >= 0.6 is 15.9 Å². The molecular weight excluding hydrogens is 266 g/mol. The van der Waals surface area contributed by atoms with E-state index in [1.807, 2.05) is 0 Å². The lowest BCUT2D eigenvalue weighted by atomic mass is 10.3. The lowest BCUT2D eigenvalue weighted by Crippen LogP contribution is -2.05. The van der Waals surface area contributed by atoms with E-state index in [9.17, 15) is 10.1 Å². The number of nitro benzene ring substituents is 1. The number of epoxide rings is 1. The number of halogens is 1. The van der Waals surface area contributed by atoms with E-state index in [0.717, 1.165) is 0 Å². The second kappa shape index (κ2) is 4.16. The van der Waals surface area contributed by atoms with E-state index in [-0.39, 0.29) is 17.5 Å². The first-order chi connectivity index (χ1) is 7.16. The van der Waals surface area contributed by atoms with Crippen molar-refractivity contribution in [2.75, 3.05) is 13.2 Å². The van der Waals surface area contributed by atoms with Crippen LogP contribution in [0.1, 0.15) is 0 Å². The number of benzene rings is 1. The minimum atomic E-state index is -0.464. The lowest BCUT2D eigenvalue weighted by Gasteiger charge is -2.04. The van der Waals surface area contributed by atoms with Gasteiger partial charge in [0.15, 0.2) is 5.75 Å². The van der Waals surface area contributed by atoms with Crippen molar-refractivity contribution in [3.05, 3.63) is 32.8 Å². The first-order valence-corrected chi connectivity index (χ1v) is 5.14. The average Bonchev–Trinajstić information content (AvgIpc) is 2.99. The maximum atomic E-state index is 10.7. The summed E-state index contributed by atoms with van der Waals surface area (Å²) < 4.78 is 10.9. The number of rotatable bonds is 4. The predicted octanol–water partition coefficient (Wildman–Crippen LogP) is 2.13. The molecule has 0 N–H and O–H groups in total. The maximum absolute atomic E-state index is 10.7. The van der Waals surface area contributed by atoms with Crippen LogP contribution in [0.2, 0.25) is 0 Å². The van der Waals surface area contributed by atoms with Crippen LogP contribution in [-0.4, -0.2) is 24.2 Å². The van der Waals surface area contributed by atoms with E-state index in [1.54, 1.807) is 12.1 Å². The van der Waals surface area contributed by atoms with Crippen molar-refractivity contribution in [2.45, 2.75) is 6.10 Å². The Balaban J connectivity index is 2.15. The van der Waals surface area contributed by atoms with E-state index in [1.165, 1.54) is 6.07 Å². The Kier molecular flexibility index (Phi) is 2.88. The van der Waals surface area contributed by atoms with Gasteiger partial charge >= 0.3 is 5.69 Å². The first kappa shape index (κ1) is 10.4. The molecule has 80 valence electrons. The van der Waals surface area contributed by atoms with E-state index in [4.69, 9.17) is 9.47 Å². The molecule has 1 aromatic rings. The van der Waals surface area contributed by atoms with Gasteiger partial charge in [0.25, 0.3) is 0 Å². The molecule has 0 aromatic heterocycles. The summed E-state index contributed by atoms with van der Waals surface area (Å²) in [6.07, 6.45) is 0.0910. The number of hydrogen-bond acceptors (Lipinski definition) is 4. The van der Waals surface area contributed by atoms with Crippen LogP contribution in [0.5, 0.6) is 5.75 Å². The molecule has 6 heteroatoms. The van der Waals surface area contributed by atoms with Crippen LogP contribution < -0.4 is 4.74 Å². The second-order valence-electron chi connectivity index (χ2n) is 3.14. The van der Waals surface area contributed by atoms with E-state index < -0.39 is 4.92 Å². The standard InChI is InChI=1S/C9H8BrNO4/c10-6-1-2-9(8(3-6)11(12)13)15-5-7-4-14-7/h1-3,7H,4-5H2. The maximum Gasteiger partial charge on any atom is 0.312 e. The summed E-state index contributed by atoms with van der Waals surface area (Å²) in [5, 5.41) is 10.7. The van der Waals surface area contributed by atoms with Crippen molar-refractivity contribution in [3.63, 3.8) is 0 Å². The Morgan fingerprint density at radius 1 is 1.67 bits per heavy atom. The summed E-state index contributed by atoms with van der Waals surface area (Å²) in [5.41, 5.74) is -0.0370. The molecule has 0 aliphatic carbocycles. The van der Waals surface area contributed by atoms with E-state index >= 15 is 0 Å². The Morgan fingerprint density at radius 2 is 2.40 bits per heavy atom. The summed E-state index contributed by atoms with van der Waals surface area (Å²) in [4.78, 5) is 10.2. The van der Waals surface area contributed by atoms with Gasteiger partial charge in [0.05, 0.1) is 11.5 Å². The smallest absolute Gasteiger partial charge is 0.312 e. The largest absolute Gasteiger partial charge is 0.484 e. The van der Waals surface area contributed by atoms with Gasteiger partial charge in [-0.05, 0) is 12.1 Å². The van der Waals surface area contributed by atoms with Gasteiger partial charge in [-0.3, -0.25) is 10.1 Å². The summed E-state index contributed by atoms with van der Waals surface area (Å²) in [6, 6.07) is 4.70. The van der Waals surface area contributed by atoms with Gasteiger partial charge in [0, 0.05) is 10.5 Å². The van der Waals surface area contributed by atoms with Crippen LogP contribution in [0.25, 0.3) is 0 Å². The third-order valence-corrected chi connectivity index (χ3v) is 2.44. The third kappa shape index (κ3) is 2.66. The quantitative estimate of drug-likeness (QED) is 0.479. The van der Waals surface area contributed by atoms with Crippen LogP contribution in [0.3, 0.4) is 0 Å². The van der Waals surface area contributed by atoms with Crippen molar-refractivity contribution >= 4 is 21.6 Å². The number of hydrogen-bond donors (Lipinski definition) is 0. The zero-order valence-corrected chi connectivity index (χ0v) is 9.27. The molecule has 2 rings (SSSR count). The number of nitro groups is 1. The molecule has 1 atom stereocenters. The molecule has 0 spiro atoms. The molecule has 1 heterocycles. The van der Waals surface area contributed by atoms with Gasteiger partial charge in [0.2, 0.25) is 0 Å². The molecule has 0 bridgehead atoms. The van der Waals surface area contributed by atoms with Crippen LogP contribution in [0.4, 0.5) is 5.69 Å². The molecule has 1 saturated heterocycles. The second-order valence-corrected chi connectivity index (χ2v) is 4.05. The Hall–Kier alpha value is -1.14. The molecule has 15 heavy (non-hydrogen) atoms. The summed E-state index contributed by atoms with van der Waals surface area (Å²) in [7, 11) is 0. The highest BCUT2D eigenvalue weighted by atomic mass is 79.9. The molecule has 0 radical (unpaired) electrons. The van der Waals surface area contributed by atoms with Crippen LogP contribution in [-0.2, 0) is 4.74 Å². The van der Waals surface area contributed by atoms with Crippen molar-refractivity contribution in [3.8, 4) is 5.75 Å².